The maximum Gasteiger partial charge on any atom is 0.0691 e. The Morgan fingerprint density at radius 1 is 0.800 bits per heavy atom. The molecule has 0 radical (unpaired) electrons. The third kappa shape index (κ3) is 3.50. The molecule has 2 aromatic carbocycles. The minimum Gasteiger partial charge on any atom is -0.143 e. The molecule has 1 aliphatic rings. The van der Waals surface area contributed by atoms with Crippen LogP contribution in [-0.4, -0.2) is 16.1 Å². The minimum atomic E-state index is 0.583. The van der Waals surface area contributed by atoms with Gasteiger partial charge in [-0.15, -0.1) is 23.5 Å². The van der Waals surface area contributed by atoms with Crippen molar-refractivity contribution in [3.8, 4) is 0 Å². The van der Waals surface area contributed by atoms with E-state index in [4.69, 9.17) is 0 Å². The second-order valence-electron chi connectivity index (χ2n) is 4.78. The molecule has 1 aliphatic heterocycles. The summed E-state index contributed by atoms with van der Waals surface area (Å²) < 4.78 is 0.583. The van der Waals surface area contributed by atoms with Gasteiger partial charge in [0.25, 0.3) is 0 Å². The molecule has 0 aromatic heterocycles. The molecule has 1 fully saturated rings. The molecular formula is C18H18S2. The Hall–Kier alpha value is -1.12. The Kier molecular flexibility index (Phi) is 4.88. The highest BCUT2D eigenvalue weighted by atomic mass is 32.2. The lowest BCUT2D eigenvalue weighted by atomic mass is 9.98. The molecule has 0 spiro atoms. The summed E-state index contributed by atoms with van der Waals surface area (Å²) in [5, 5.41) is 0. The van der Waals surface area contributed by atoms with Gasteiger partial charge in [0.2, 0.25) is 0 Å². The van der Waals surface area contributed by atoms with Crippen molar-refractivity contribution >= 4 is 29.1 Å². The van der Waals surface area contributed by atoms with Crippen LogP contribution in [0.1, 0.15) is 17.5 Å². The molecule has 102 valence electrons. The first-order chi connectivity index (χ1) is 9.93. The molecule has 0 atom stereocenters. The summed E-state index contributed by atoms with van der Waals surface area (Å²) in [4.78, 5) is 0. The van der Waals surface area contributed by atoms with Crippen LogP contribution in [-0.2, 0) is 0 Å². The molecule has 0 unspecified atom stereocenters. The van der Waals surface area contributed by atoms with Gasteiger partial charge in [-0.05, 0) is 34.6 Å². The van der Waals surface area contributed by atoms with Crippen LogP contribution in [0.2, 0.25) is 0 Å². The number of thioether (sulfide) groups is 2. The molecule has 0 N–H and O–H groups in total. The van der Waals surface area contributed by atoms with E-state index in [0.717, 1.165) is 0 Å². The van der Waals surface area contributed by atoms with Crippen molar-refractivity contribution in [1.82, 2.24) is 0 Å². The fraction of sp³-hybridized carbons (Fsp3) is 0.222. The summed E-state index contributed by atoms with van der Waals surface area (Å²) in [6.07, 6.45) is 3.78. The molecule has 2 heteroatoms. The first-order valence-corrected chi connectivity index (χ1v) is 9.09. The standard InChI is InChI=1S/C18H18S2/c1-3-8-15(9-4-1)17(16-10-5-2-6-11-16)14-18-19-12-7-13-20-18/h1-6,8-11,14,18H,7,12-13H2. The highest BCUT2D eigenvalue weighted by Crippen LogP contribution is 2.35. The van der Waals surface area contributed by atoms with E-state index in [0.29, 0.717) is 4.58 Å². The molecule has 20 heavy (non-hydrogen) atoms. The fourth-order valence-electron chi connectivity index (χ4n) is 2.33. The van der Waals surface area contributed by atoms with Crippen LogP contribution in [0.4, 0.5) is 0 Å². The highest BCUT2D eigenvalue weighted by molar-refractivity contribution is 8.17. The van der Waals surface area contributed by atoms with Crippen LogP contribution in [0.3, 0.4) is 0 Å². The van der Waals surface area contributed by atoms with Crippen molar-refractivity contribution in [2.75, 3.05) is 11.5 Å². The summed E-state index contributed by atoms with van der Waals surface area (Å²) in [6.45, 7) is 0. The van der Waals surface area contributed by atoms with Crippen molar-refractivity contribution in [2.24, 2.45) is 0 Å². The van der Waals surface area contributed by atoms with E-state index in [1.807, 2.05) is 0 Å². The van der Waals surface area contributed by atoms with Gasteiger partial charge < -0.3 is 0 Å². The van der Waals surface area contributed by atoms with E-state index < -0.39 is 0 Å². The average molecular weight is 298 g/mol. The molecule has 1 heterocycles. The minimum absolute atomic E-state index is 0.583. The smallest absolute Gasteiger partial charge is 0.0691 e. The first kappa shape index (κ1) is 13.8. The Labute approximate surface area is 129 Å². The summed E-state index contributed by atoms with van der Waals surface area (Å²) in [5.41, 5.74) is 3.98. The molecule has 0 amide bonds. The van der Waals surface area contributed by atoms with Crippen molar-refractivity contribution in [3.05, 3.63) is 77.9 Å². The Bertz CT molecular complexity index is 513. The van der Waals surface area contributed by atoms with Gasteiger partial charge in [0.15, 0.2) is 0 Å². The second kappa shape index (κ2) is 7.05. The van der Waals surface area contributed by atoms with Gasteiger partial charge in [-0.25, -0.2) is 0 Å². The predicted octanol–water partition coefficient (Wildman–Crippen LogP) is 5.31. The molecule has 0 aliphatic carbocycles. The predicted molar refractivity (Wildman–Crippen MR) is 93.3 cm³/mol. The maximum atomic E-state index is 2.44. The van der Waals surface area contributed by atoms with Gasteiger partial charge in [-0.3, -0.25) is 0 Å². The zero-order valence-corrected chi connectivity index (χ0v) is 13.0. The zero-order chi connectivity index (χ0) is 13.6. The van der Waals surface area contributed by atoms with Crippen LogP contribution in [0, 0.1) is 0 Å². The molecule has 1 saturated heterocycles. The lowest BCUT2D eigenvalue weighted by molar-refractivity contribution is 1.11. The van der Waals surface area contributed by atoms with Crippen LogP contribution in [0.15, 0.2) is 66.7 Å². The normalized spacial score (nSPS) is 15.8. The van der Waals surface area contributed by atoms with Gasteiger partial charge in [0, 0.05) is 0 Å². The van der Waals surface area contributed by atoms with E-state index in [1.54, 1.807) is 0 Å². The summed E-state index contributed by atoms with van der Waals surface area (Å²) in [7, 11) is 0. The van der Waals surface area contributed by atoms with Crippen molar-refractivity contribution < 1.29 is 0 Å². The molecule has 0 nitrogen and oxygen atoms in total. The largest absolute Gasteiger partial charge is 0.143 e. The van der Waals surface area contributed by atoms with Crippen LogP contribution in [0.5, 0.6) is 0 Å². The lowest BCUT2D eigenvalue weighted by Gasteiger charge is -2.19. The molecule has 0 saturated carbocycles. The third-order valence-corrected chi connectivity index (χ3v) is 6.12. The second-order valence-corrected chi connectivity index (χ2v) is 7.57. The summed E-state index contributed by atoms with van der Waals surface area (Å²) in [6, 6.07) is 21.5. The lowest BCUT2D eigenvalue weighted by Crippen LogP contribution is -2.04. The summed E-state index contributed by atoms with van der Waals surface area (Å²) >= 11 is 4.13. The summed E-state index contributed by atoms with van der Waals surface area (Å²) in [5.74, 6) is 2.57. The highest BCUT2D eigenvalue weighted by Gasteiger charge is 2.14. The van der Waals surface area contributed by atoms with Crippen LogP contribution in [0.25, 0.3) is 5.57 Å². The van der Waals surface area contributed by atoms with Gasteiger partial charge in [0.05, 0.1) is 4.58 Å². The van der Waals surface area contributed by atoms with Gasteiger partial charge in [-0.1, -0.05) is 66.7 Å². The number of rotatable bonds is 3. The molecule has 2 aromatic rings. The number of hydrogen-bond acceptors (Lipinski definition) is 2. The Morgan fingerprint density at radius 2 is 1.30 bits per heavy atom. The van der Waals surface area contributed by atoms with E-state index in [-0.39, 0.29) is 0 Å². The zero-order valence-electron chi connectivity index (χ0n) is 11.4. The van der Waals surface area contributed by atoms with Gasteiger partial charge in [0.1, 0.15) is 0 Å². The molecule has 3 rings (SSSR count). The van der Waals surface area contributed by atoms with E-state index in [1.165, 1.54) is 34.6 Å². The van der Waals surface area contributed by atoms with Gasteiger partial charge >= 0.3 is 0 Å². The Balaban J connectivity index is 1.97. The number of benzene rings is 2. The van der Waals surface area contributed by atoms with E-state index >= 15 is 0 Å². The quantitative estimate of drug-likeness (QED) is 0.752. The average Bonchev–Trinajstić information content (AvgIpc) is 2.55. The van der Waals surface area contributed by atoms with E-state index in [9.17, 15) is 0 Å². The number of hydrogen-bond donors (Lipinski definition) is 0. The third-order valence-electron chi connectivity index (χ3n) is 3.33. The van der Waals surface area contributed by atoms with Crippen molar-refractivity contribution in [2.45, 2.75) is 11.0 Å². The Morgan fingerprint density at radius 3 is 1.80 bits per heavy atom. The molecule has 0 bridgehead atoms. The van der Waals surface area contributed by atoms with Gasteiger partial charge in [-0.2, -0.15) is 0 Å². The van der Waals surface area contributed by atoms with Crippen LogP contribution >= 0.6 is 23.5 Å². The topological polar surface area (TPSA) is 0 Å². The van der Waals surface area contributed by atoms with Crippen LogP contribution < -0.4 is 0 Å². The first-order valence-electron chi connectivity index (χ1n) is 6.99. The monoisotopic (exact) mass is 298 g/mol. The SMILES string of the molecule is C(=C(c1ccccc1)c1ccccc1)C1SCCCS1. The van der Waals surface area contributed by atoms with Crippen molar-refractivity contribution in [1.29, 1.82) is 0 Å². The fourth-order valence-corrected chi connectivity index (χ4v) is 5.03. The van der Waals surface area contributed by atoms with Crippen molar-refractivity contribution in [3.63, 3.8) is 0 Å². The van der Waals surface area contributed by atoms with E-state index in [2.05, 4.69) is 90.3 Å². The maximum absolute atomic E-state index is 2.44. The molecular weight excluding hydrogens is 280 g/mol.